The third kappa shape index (κ3) is 2.69. The van der Waals surface area contributed by atoms with Crippen molar-refractivity contribution in [3.05, 3.63) is 47.5 Å². The van der Waals surface area contributed by atoms with Crippen molar-refractivity contribution in [3.63, 3.8) is 0 Å². The largest absolute Gasteiger partial charge is 0.364 e. The smallest absolute Gasteiger partial charge is 0.269 e. The number of nitrogens with one attached hydrogen (secondary N) is 1. The Bertz CT molecular complexity index is 682. The standard InChI is InChI=1S/C15H17N5O2/c16-14(21)12-8-11(18-19-12)13-5-1-2-7-20(13)15(22)10-4-3-6-17-9-10/h3-4,6,8-9,13H,1-2,5,7H2,(H2,16,21)(H,18,19). The predicted molar refractivity (Wildman–Crippen MR) is 79.0 cm³/mol. The minimum atomic E-state index is -0.580. The van der Waals surface area contributed by atoms with Gasteiger partial charge in [0.2, 0.25) is 0 Å². The molecule has 1 aliphatic rings. The van der Waals surface area contributed by atoms with E-state index < -0.39 is 5.91 Å². The summed E-state index contributed by atoms with van der Waals surface area (Å²) in [6, 6.07) is 5.00. The topological polar surface area (TPSA) is 105 Å². The van der Waals surface area contributed by atoms with E-state index in [4.69, 9.17) is 5.73 Å². The number of piperidine rings is 1. The number of hydrogen-bond acceptors (Lipinski definition) is 4. The second-order valence-corrected chi connectivity index (χ2v) is 5.32. The van der Waals surface area contributed by atoms with Crippen molar-refractivity contribution in [2.75, 3.05) is 6.54 Å². The lowest BCUT2D eigenvalue weighted by molar-refractivity contribution is 0.0605. The number of pyridine rings is 1. The number of aromatic nitrogens is 3. The fraction of sp³-hybridized carbons (Fsp3) is 0.333. The van der Waals surface area contributed by atoms with Crippen molar-refractivity contribution in [2.45, 2.75) is 25.3 Å². The third-order valence-corrected chi connectivity index (χ3v) is 3.88. The summed E-state index contributed by atoms with van der Waals surface area (Å²) < 4.78 is 0. The molecule has 1 saturated heterocycles. The van der Waals surface area contributed by atoms with Gasteiger partial charge >= 0.3 is 0 Å². The summed E-state index contributed by atoms with van der Waals surface area (Å²) >= 11 is 0. The first-order valence-electron chi connectivity index (χ1n) is 7.23. The average molecular weight is 299 g/mol. The molecule has 0 spiro atoms. The molecule has 1 aliphatic heterocycles. The lowest BCUT2D eigenvalue weighted by Crippen LogP contribution is -2.38. The van der Waals surface area contributed by atoms with E-state index in [-0.39, 0.29) is 17.6 Å². The van der Waals surface area contributed by atoms with Crippen molar-refractivity contribution in [1.82, 2.24) is 20.1 Å². The number of carbonyl (C=O) groups is 2. The van der Waals surface area contributed by atoms with Crippen LogP contribution in [0.25, 0.3) is 0 Å². The molecule has 0 aliphatic carbocycles. The molecule has 114 valence electrons. The summed E-state index contributed by atoms with van der Waals surface area (Å²) in [6.07, 6.45) is 6.01. The predicted octanol–water partition coefficient (Wildman–Crippen LogP) is 1.27. The van der Waals surface area contributed by atoms with Crippen LogP contribution in [0, 0.1) is 0 Å². The molecule has 22 heavy (non-hydrogen) atoms. The first-order chi connectivity index (χ1) is 10.7. The van der Waals surface area contributed by atoms with E-state index in [0.29, 0.717) is 12.1 Å². The molecule has 2 aromatic heterocycles. The first kappa shape index (κ1) is 14.2. The van der Waals surface area contributed by atoms with Crippen LogP contribution < -0.4 is 5.73 Å². The monoisotopic (exact) mass is 299 g/mol. The Morgan fingerprint density at radius 3 is 2.91 bits per heavy atom. The minimum Gasteiger partial charge on any atom is -0.364 e. The van der Waals surface area contributed by atoms with Gasteiger partial charge in [0, 0.05) is 18.9 Å². The second kappa shape index (κ2) is 5.97. The van der Waals surface area contributed by atoms with Crippen LogP contribution >= 0.6 is 0 Å². The molecule has 3 N–H and O–H groups in total. The van der Waals surface area contributed by atoms with Crippen LogP contribution in [0.4, 0.5) is 0 Å². The van der Waals surface area contributed by atoms with Gasteiger partial charge in [-0.1, -0.05) is 0 Å². The van der Waals surface area contributed by atoms with E-state index in [0.717, 1.165) is 25.0 Å². The van der Waals surface area contributed by atoms with Crippen molar-refractivity contribution >= 4 is 11.8 Å². The minimum absolute atomic E-state index is 0.0620. The van der Waals surface area contributed by atoms with Crippen LogP contribution in [0.3, 0.4) is 0 Å². The SMILES string of the molecule is NC(=O)c1cc(C2CCCCN2C(=O)c2cccnc2)[nH]n1. The number of carbonyl (C=O) groups excluding carboxylic acids is 2. The number of nitrogens with two attached hydrogens (primary N) is 1. The Balaban J connectivity index is 1.87. The Labute approximate surface area is 127 Å². The fourth-order valence-electron chi connectivity index (χ4n) is 2.79. The van der Waals surface area contributed by atoms with Gasteiger partial charge in [-0.3, -0.25) is 19.7 Å². The van der Waals surface area contributed by atoms with Gasteiger partial charge in [0.15, 0.2) is 0 Å². The fourth-order valence-corrected chi connectivity index (χ4v) is 2.79. The zero-order chi connectivity index (χ0) is 15.5. The van der Waals surface area contributed by atoms with Crippen molar-refractivity contribution in [2.24, 2.45) is 5.73 Å². The molecule has 0 aromatic carbocycles. The normalized spacial score (nSPS) is 18.2. The lowest BCUT2D eigenvalue weighted by atomic mass is 9.98. The van der Waals surface area contributed by atoms with E-state index in [1.165, 1.54) is 0 Å². The van der Waals surface area contributed by atoms with Gasteiger partial charge in [-0.2, -0.15) is 5.10 Å². The molecule has 7 heteroatoms. The highest BCUT2D eigenvalue weighted by Gasteiger charge is 2.30. The third-order valence-electron chi connectivity index (χ3n) is 3.88. The maximum atomic E-state index is 12.7. The molecule has 1 fully saturated rings. The van der Waals surface area contributed by atoms with E-state index in [1.54, 1.807) is 35.5 Å². The van der Waals surface area contributed by atoms with E-state index >= 15 is 0 Å². The summed E-state index contributed by atoms with van der Waals surface area (Å²) in [4.78, 5) is 29.7. The van der Waals surface area contributed by atoms with Crippen molar-refractivity contribution < 1.29 is 9.59 Å². The van der Waals surface area contributed by atoms with Crippen LogP contribution in [0.2, 0.25) is 0 Å². The zero-order valence-electron chi connectivity index (χ0n) is 12.0. The zero-order valence-corrected chi connectivity index (χ0v) is 12.0. The molecule has 3 heterocycles. The van der Waals surface area contributed by atoms with Gasteiger partial charge in [-0.05, 0) is 37.5 Å². The Kier molecular flexibility index (Phi) is 3.86. The molecule has 1 unspecified atom stereocenters. The Hall–Kier alpha value is -2.70. The first-order valence-corrected chi connectivity index (χ1v) is 7.23. The van der Waals surface area contributed by atoms with Crippen LogP contribution in [0.1, 0.15) is 51.8 Å². The van der Waals surface area contributed by atoms with Crippen LogP contribution in [-0.2, 0) is 0 Å². The molecule has 2 amide bonds. The van der Waals surface area contributed by atoms with E-state index in [2.05, 4.69) is 15.2 Å². The second-order valence-electron chi connectivity index (χ2n) is 5.32. The molecular weight excluding hydrogens is 282 g/mol. The molecule has 1 atom stereocenters. The van der Waals surface area contributed by atoms with Crippen molar-refractivity contribution in [3.8, 4) is 0 Å². The van der Waals surface area contributed by atoms with Crippen molar-refractivity contribution in [1.29, 1.82) is 0 Å². The van der Waals surface area contributed by atoms with Gasteiger partial charge in [-0.15, -0.1) is 0 Å². The van der Waals surface area contributed by atoms with Gasteiger partial charge < -0.3 is 10.6 Å². The lowest BCUT2D eigenvalue weighted by Gasteiger charge is -2.35. The quantitative estimate of drug-likeness (QED) is 0.890. The highest BCUT2D eigenvalue weighted by molar-refractivity contribution is 5.94. The van der Waals surface area contributed by atoms with Gasteiger partial charge in [0.05, 0.1) is 17.3 Å². The molecule has 0 bridgehead atoms. The summed E-state index contributed by atoms with van der Waals surface area (Å²) in [5.74, 6) is -0.642. The number of amides is 2. The number of nitrogens with zero attached hydrogens (tertiary/aromatic N) is 3. The average Bonchev–Trinajstić information content (AvgIpc) is 3.05. The summed E-state index contributed by atoms with van der Waals surface area (Å²) in [6.45, 7) is 0.670. The Morgan fingerprint density at radius 2 is 2.23 bits per heavy atom. The van der Waals surface area contributed by atoms with E-state index in [9.17, 15) is 9.59 Å². The van der Waals surface area contributed by atoms with Gasteiger partial charge in [-0.25, -0.2) is 0 Å². The summed E-state index contributed by atoms with van der Waals surface area (Å²) in [5.41, 5.74) is 6.72. The molecule has 7 nitrogen and oxygen atoms in total. The number of H-pyrrole nitrogens is 1. The van der Waals surface area contributed by atoms with Gasteiger partial charge in [0.1, 0.15) is 5.69 Å². The molecule has 0 radical (unpaired) electrons. The number of likely N-dealkylation sites (tertiary alicyclic amines) is 1. The van der Waals surface area contributed by atoms with Gasteiger partial charge in [0.25, 0.3) is 11.8 Å². The molecule has 3 rings (SSSR count). The number of primary amides is 1. The maximum Gasteiger partial charge on any atom is 0.269 e. The van der Waals surface area contributed by atoms with E-state index in [1.807, 2.05) is 0 Å². The highest BCUT2D eigenvalue weighted by atomic mass is 16.2. The molecular formula is C15H17N5O2. The Morgan fingerprint density at radius 1 is 1.36 bits per heavy atom. The highest BCUT2D eigenvalue weighted by Crippen LogP contribution is 2.31. The number of aromatic amines is 1. The maximum absolute atomic E-state index is 12.7. The number of hydrogen-bond donors (Lipinski definition) is 2. The summed E-state index contributed by atoms with van der Waals surface area (Å²) in [5, 5.41) is 6.74. The molecule has 2 aromatic rings. The van der Waals surface area contributed by atoms with Crippen LogP contribution in [0.15, 0.2) is 30.6 Å². The van der Waals surface area contributed by atoms with Crippen LogP contribution in [-0.4, -0.2) is 38.4 Å². The summed E-state index contributed by atoms with van der Waals surface area (Å²) in [7, 11) is 0. The molecule has 0 saturated carbocycles. The number of rotatable bonds is 3. The van der Waals surface area contributed by atoms with Crippen LogP contribution in [0.5, 0.6) is 0 Å².